The number of ether oxygens (including phenoxy) is 1. The van der Waals surface area contributed by atoms with E-state index in [1.54, 1.807) is 17.1 Å². The number of H-pyrrole nitrogens is 1. The van der Waals surface area contributed by atoms with E-state index in [2.05, 4.69) is 25.3 Å². The summed E-state index contributed by atoms with van der Waals surface area (Å²) in [7, 11) is 0. The van der Waals surface area contributed by atoms with Crippen LogP contribution in [0.3, 0.4) is 0 Å². The summed E-state index contributed by atoms with van der Waals surface area (Å²) in [4.78, 5) is 8.80. The van der Waals surface area contributed by atoms with Crippen LogP contribution in [-0.4, -0.2) is 48.3 Å². The van der Waals surface area contributed by atoms with Gasteiger partial charge in [-0.15, -0.1) is 0 Å². The van der Waals surface area contributed by atoms with E-state index in [-0.39, 0.29) is 5.92 Å². The molecule has 0 spiro atoms. The summed E-state index contributed by atoms with van der Waals surface area (Å²) in [5, 5.41) is 22.9. The Morgan fingerprint density at radius 1 is 1.14 bits per heavy atom. The molecule has 8 heteroatoms. The highest BCUT2D eigenvalue weighted by Gasteiger charge is 2.24. The predicted molar refractivity (Wildman–Crippen MR) is 103 cm³/mol. The predicted octanol–water partition coefficient (Wildman–Crippen LogP) is 2.67. The molecule has 3 aromatic heterocycles. The summed E-state index contributed by atoms with van der Waals surface area (Å²) < 4.78 is 7.19. The average molecular weight is 376 g/mol. The van der Waals surface area contributed by atoms with Crippen molar-refractivity contribution in [2.45, 2.75) is 18.9 Å². The first-order valence-corrected chi connectivity index (χ1v) is 9.35. The average Bonchev–Trinajstić information content (AvgIpc) is 3.43. The molecule has 5 rings (SSSR count). The van der Waals surface area contributed by atoms with E-state index in [1.165, 1.54) is 6.33 Å². The second-order valence-corrected chi connectivity index (χ2v) is 7.02. The Labute approximate surface area is 161 Å². The van der Waals surface area contributed by atoms with Gasteiger partial charge in [-0.2, -0.15) is 10.2 Å². The molecule has 1 aliphatic rings. The molecule has 1 atom stereocenters. The number of rotatable bonds is 4. The molecule has 0 bridgehead atoms. The Morgan fingerprint density at radius 3 is 2.86 bits per heavy atom. The first-order valence-electron chi connectivity index (χ1n) is 9.35. The number of aromatic nitrogens is 6. The van der Waals surface area contributed by atoms with Crippen molar-refractivity contribution < 1.29 is 9.84 Å². The van der Waals surface area contributed by atoms with Gasteiger partial charge in [0.05, 0.1) is 18.0 Å². The zero-order valence-electron chi connectivity index (χ0n) is 15.2. The summed E-state index contributed by atoms with van der Waals surface area (Å²) in [6.07, 6.45) is 6.22. The number of nitrogens with one attached hydrogen (secondary N) is 1. The molecular weight excluding hydrogens is 356 g/mol. The van der Waals surface area contributed by atoms with Crippen LogP contribution in [0.4, 0.5) is 0 Å². The lowest BCUT2D eigenvalue weighted by molar-refractivity contribution is 0.00712. The third kappa shape index (κ3) is 3.06. The first-order chi connectivity index (χ1) is 13.8. The molecule has 1 saturated heterocycles. The van der Waals surface area contributed by atoms with E-state index < -0.39 is 6.10 Å². The van der Waals surface area contributed by atoms with Gasteiger partial charge in [0.25, 0.3) is 0 Å². The molecule has 0 amide bonds. The van der Waals surface area contributed by atoms with Gasteiger partial charge in [0.2, 0.25) is 0 Å². The fourth-order valence-corrected chi connectivity index (χ4v) is 3.72. The second kappa shape index (κ2) is 7.14. The lowest BCUT2D eigenvalue weighted by Crippen LogP contribution is -2.22. The van der Waals surface area contributed by atoms with Crippen LogP contribution in [0, 0.1) is 5.92 Å². The lowest BCUT2D eigenvalue weighted by atomic mass is 9.90. The Bertz CT molecular complexity index is 1090. The van der Waals surface area contributed by atoms with Gasteiger partial charge in [-0.3, -0.25) is 5.10 Å². The molecule has 28 heavy (non-hydrogen) atoms. The molecule has 0 radical (unpaired) electrons. The Hall–Kier alpha value is -3.10. The van der Waals surface area contributed by atoms with Gasteiger partial charge in [0.1, 0.15) is 6.33 Å². The minimum atomic E-state index is -0.529. The van der Waals surface area contributed by atoms with Crippen molar-refractivity contribution in [1.29, 1.82) is 0 Å². The van der Waals surface area contributed by atoms with Crippen LogP contribution in [0.2, 0.25) is 0 Å². The number of aliphatic hydroxyl groups excluding tert-OH is 1. The van der Waals surface area contributed by atoms with Crippen LogP contribution >= 0.6 is 0 Å². The zero-order chi connectivity index (χ0) is 18.9. The minimum Gasteiger partial charge on any atom is -0.388 e. The van der Waals surface area contributed by atoms with Crippen LogP contribution in [-0.2, 0) is 4.74 Å². The number of aliphatic hydroxyl groups is 1. The minimum absolute atomic E-state index is 0.210. The first kappa shape index (κ1) is 17.0. The van der Waals surface area contributed by atoms with Crippen molar-refractivity contribution in [2.75, 3.05) is 13.2 Å². The number of pyridine rings is 1. The van der Waals surface area contributed by atoms with Gasteiger partial charge in [0, 0.05) is 30.4 Å². The molecule has 4 aromatic rings. The Kier molecular flexibility index (Phi) is 4.34. The molecule has 4 heterocycles. The Balaban J connectivity index is 1.48. The van der Waals surface area contributed by atoms with Crippen molar-refractivity contribution in [3.05, 3.63) is 54.6 Å². The van der Waals surface area contributed by atoms with Gasteiger partial charge in [-0.05, 0) is 42.5 Å². The van der Waals surface area contributed by atoms with Crippen LogP contribution in [0.15, 0.2) is 49.1 Å². The van der Waals surface area contributed by atoms with Crippen LogP contribution in [0.5, 0.6) is 0 Å². The molecule has 1 fully saturated rings. The number of hydrogen-bond donors (Lipinski definition) is 2. The van der Waals surface area contributed by atoms with E-state index in [4.69, 9.17) is 4.74 Å². The molecule has 142 valence electrons. The van der Waals surface area contributed by atoms with E-state index in [0.717, 1.165) is 40.7 Å². The van der Waals surface area contributed by atoms with Crippen LogP contribution in [0.1, 0.15) is 24.5 Å². The fourth-order valence-electron chi connectivity index (χ4n) is 3.72. The number of benzene rings is 1. The summed E-state index contributed by atoms with van der Waals surface area (Å²) in [6, 6.07) is 9.85. The van der Waals surface area contributed by atoms with E-state index >= 15 is 0 Å². The summed E-state index contributed by atoms with van der Waals surface area (Å²) >= 11 is 0. The van der Waals surface area contributed by atoms with Crippen LogP contribution < -0.4 is 0 Å². The second-order valence-electron chi connectivity index (χ2n) is 7.02. The number of hydrogen-bond acceptors (Lipinski definition) is 6. The highest BCUT2D eigenvalue weighted by Crippen LogP contribution is 2.31. The topological polar surface area (TPSA) is 102 Å². The van der Waals surface area contributed by atoms with E-state index in [0.29, 0.717) is 19.0 Å². The smallest absolute Gasteiger partial charge is 0.162 e. The SMILES string of the molecule is O[C@@H](c1cnc2c(cnn2-c2cccc(-c3ncn[nH]3)c2)c1)C1CCOCC1. The van der Waals surface area contributed by atoms with Gasteiger partial charge in [-0.1, -0.05) is 12.1 Å². The lowest BCUT2D eigenvalue weighted by Gasteiger charge is -2.26. The fraction of sp³-hybridized carbons (Fsp3) is 0.300. The van der Waals surface area contributed by atoms with Crippen molar-refractivity contribution in [2.24, 2.45) is 5.92 Å². The third-order valence-electron chi connectivity index (χ3n) is 5.26. The van der Waals surface area contributed by atoms with Crippen molar-refractivity contribution in [1.82, 2.24) is 29.9 Å². The molecule has 0 aliphatic carbocycles. The zero-order valence-corrected chi connectivity index (χ0v) is 15.2. The quantitative estimate of drug-likeness (QED) is 0.568. The van der Waals surface area contributed by atoms with Crippen molar-refractivity contribution >= 4 is 11.0 Å². The molecule has 2 N–H and O–H groups in total. The third-order valence-corrected chi connectivity index (χ3v) is 5.26. The monoisotopic (exact) mass is 376 g/mol. The van der Waals surface area contributed by atoms with E-state index in [9.17, 15) is 5.11 Å². The van der Waals surface area contributed by atoms with Gasteiger partial charge < -0.3 is 9.84 Å². The standard InChI is InChI=1S/C20H20N6O2/c27-18(13-4-6-28-7-5-13)15-8-16-11-24-26(20(16)21-10-15)17-3-1-2-14(9-17)19-22-12-23-25-19/h1-3,8-13,18,27H,4-7H2,(H,22,23,25)/t18-/m1/s1. The molecule has 0 unspecified atom stereocenters. The number of fused-ring (bicyclic) bond motifs is 1. The molecule has 1 aliphatic heterocycles. The molecule has 8 nitrogen and oxygen atoms in total. The van der Waals surface area contributed by atoms with Crippen molar-refractivity contribution in [3.63, 3.8) is 0 Å². The van der Waals surface area contributed by atoms with Crippen molar-refractivity contribution in [3.8, 4) is 17.1 Å². The highest BCUT2D eigenvalue weighted by molar-refractivity contribution is 5.77. The highest BCUT2D eigenvalue weighted by atomic mass is 16.5. The van der Waals surface area contributed by atoms with Gasteiger partial charge in [-0.25, -0.2) is 14.6 Å². The summed E-state index contributed by atoms with van der Waals surface area (Å²) in [6.45, 7) is 1.41. The normalized spacial score (nSPS) is 16.5. The molecule has 1 aromatic carbocycles. The van der Waals surface area contributed by atoms with Gasteiger partial charge in [0.15, 0.2) is 11.5 Å². The largest absolute Gasteiger partial charge is 0.388 e. The summed E-state index contributed by atoms with van der Waals surface area (Å²) in [5.41, 5.74) is 3.38. The maximum atomic E-state index is 10.7. The maximum Gasteiger partial charge on any atom is 0.162 e. The maximum absolute atomic E-state index is 10.7. The van der Waals surface area contributed by atoms with Crippen LogP contribution in [0.25, 0.3) is 28.1 Å². The van der Waals surface area contributed by atoms with Gasteiger partial charge >= 0.3 is 0 Å². The summed E-state index contributed by atoms with van der Waals surface area (Å²) in [5.74, 6) is 0.912. The Morgan fingerprint density at radius 2 is 2.04 bits per heavy atom. The molecular formula is C20H20N6O2. The molecule has 0 saturated carbocycles. The van der Waals surface area contributed by atoms with E-state index in [1.807, 2.05) is 30.3 Å². The number of nitrogens with zero attached hydrogens (tertiary/aromatic N) is 5. The number of aromatic amines is 1.